The Bertz CT molecular complexity index is 1340. The van der Waals surface area contributed by atoms with Gasteiger partial charge in [-0.15, -0.1) is 17.9 Å². The quantitative estimate of drug-likeness (QED) is 0.217. The number of allylic oxidation sites excluding steroid dienone is 1. The van der Waals surface area contributed by atoms with E-state index in [1.54, 1.807) is 10.6 Å². The highest BCUT2D eigenvalue weighted by atomic mass is 32.2. The summed E-state index contributed by atoms with van der Waals surface area (Å²) in [6, 6.07) is 14.1. The Balaban J connectivity index is 1.52. The first-order valence-electron chi connectivity index (χ1n) is 9.85. The van der Waals surface area contributed by atoms with Crippen LogP contribution < -0.4 is 15.0 Å². The molecule has 156 valence electrons. The van der Waals surface area contributed by atoms with Crippen LogP contribution in [0.4, 0.5) is 0 Å². The number of aromatic nitrogens is 2. The van der Waals surface area contributed by atoms with Gasteiger partial charge in [0.1, 0.15) is 4.83 Å². The molecule has 1 aliphatic heterocycles. The summed E-state index contributed by atoms with van der Waals surface area (Å²) in [7, 11) is 0. The fourth-order valence-corrected chi connectivity index (χ4v) is 5.47. The van der Waals surface area contributed by atoms with Gasteiger partial charge in [-0.25, -0.2) is 4.98 Å². The Kier molecular flexibility index (Phi) is 5.29. The molecule has 0 aliphatic carbocycles. The van der Waals surface area contributed by atoms with Gasteiger partial charge in [-0.2, -0.15) is 0 Å². The molecule has 0 radical (unpaired) electrons. The molecule has 0 fully saturated rings. The largest absolute Gasteiger partial charge is 0.454 e. The Labute approximate surface area is 188 Å². The molecule has 0 unspecified atom stereocenters. The maximum atomic E-state index is 13.5. The van der Waals surface area contributed by atoms with Crippen LogP contribution in [0.2, 0.25) is 0 Å². The number of thiophene rings is 1. The van der Waals surface area contributed by atoms with Crippen molar-refractivity contribution in [2.24, 2.45) is 0 Å². The van der Waals surface area contributed by atoms with Crippen molar-refractivity contribution in [2.75, 3.05) is 6.79 Å². The molecule has 2 aromatic heterocycles. The number of aryl methyl sites for hydroxylation is 1. The fourth-order valence-electron chi connectivity index (χ4n) is 3.53. The predicted octanol–water partition coefficient (Wildman–Crippen LogP) is 5.64. The molecular formula is C24H20N2O3S2. The highest BCUT2D eigenvalue weighted by molar-refractivity contribution is 7.98. The van der Waals surface area contributed by atoms with Crippen LogP contribution in [0.1, 0.15) is 11.1 Å². The van der Waals surface area contributed by atoms with Crippen LogP contribution in [0.5, 0.6) is 11.5 Å². The first-order chi connectivity index (χ1) is 15.1. The standard InChI is InChI=1S/C24H20N2O3S2/c1-3-10-26-23(27)21-18(17-7-4-15(2)5-8-17)13-30-22(21)25-24(26)31-12-16-6-9-19-20(11-16)29-14-28-19/h3-9,11,13H,1,10,12,14H2,2H3. The molecular weight excluding hydrogens is 428 g/mol. The van der Waals surface area contributed by atoms with Crippen molar-refractivity contribution in [1.82, 2.24) is 9.55 Å². The van der Waals surface area contributed by atoms with Gasteiger partial charge in [0.25, 0.3) is 5.56 Å². The number of rotatable bonds is 6. The van der Waals surface area contributed by atoms with E-state index in [4.69, 9.17) is 14.5 Å². The molecule has 7 heteroatoms. The van der Waals surface area contributed by atoms with Gasteiger partial charge in [0.15, 0.2) is 16.7 Å². The molecule has 31 heavy (non-hydrogen) atoms. The van der Waals surface area contributed by atoms with E-state index in [0.29, 0.717) is 22.8 Å². The molecule has 0 saturated carbocycles. The summed E-state index contributed by atoms with van der Waals surface area (Å²) in [5.74, 6) is 2.19. The summed E-state index contributed by atoms with van der Waals surface area (Å²) >= 11 is 3.04. The monoisotopic (exact) mass is 448 g/mol. The minimum absolute atomic E-state index is 0.0325. The van der Waals surface area contributed by atoms with Crippen molar-refractivity contribution in [3.05, 3.63) is 82.0 Å². The van der Waals surface area contributed by atoms with Crippen LogP contribution >= 0.6 is 23.1 Å². The highest BCUT2D eigenvalue weighted by Crippen LogP contribution is 2.35. The van der Waals surface area contributed by atoms with Crippen molar-refractivity contribution in [2.45, 2.75) is 24.4 Å². The van der Waals surface area contributed by atoms with E-state index in [1.165, 1.54) is 28.7 Å². The first kappa shape index (κ1) is 19.9. The topological polar surface area (TPSA) is 53.4 Å². The van der Waals surface area contributed by atoms with Crippen LogP contribution in [-0.4, -0.2) is 16.3 Å². The molecule has 2 aromatic carbocycles. The maximum absolute atomic E-state index is 13.5. The van der Waals surface area contributed by atoms with E-state index in [1.807, 2.05) is 23.6 Å². The molecule has 0 bridgehead atoms. The molecule has 4 aromatic rings. The van der Waals surface area contributed by atoms with Crippen molar-refractivity contribution < 1.29 is 9.47 Å². The lowest BCUT2D eigenvalue weighted by molar-refractivity contribution is 0.174. The zero-order chi connectivity index (χ0) is 21.4. The number of benzene rings is 2. The van der Waals surface area contributed by atoms with Crippen molar-refractivity contribution in [3.63, 3.8) is 0 Å². The number of thioether (sulfide) groups is 1. The third-order valence-electron chi connectivity index (χ3n) is 5.14. The Morgan fingerprint density at radius 2 is 2.00 bits per heavy atom. The summed E-state index contributed by atoms with van der Waals surface area (Å²) in [6.07, 6.45) is 1.73. The Morgan fingerprint density at radius 3 is 2.81 bits per heavy atom. The van der Waals surface area contributed by atoms with Gasteiger partial charge in [-0.05, 0) is 30.2 Å². The second-order valence-corrected chi connectivity index (χ2v) is 9.07. The van der Waals surface area contributed by atoms with Crippen LogP contribution in [0, 0.1) is 6.92 Å². The minimum atomic E-state index is -0.0325. The van der Waals surface area contributed by atoms with E-state index < -0.39 is 0 Å². The third kappa shape index (κ3) is 3.75. The normalized spacial score (nSPS) is 12.4. The lowest BCUT2D eigenvalue weighted by Crippen LogP contribution is -2.22. The van der Waals surface area contributed by atoms with Crippen molar-refractivity contribution >= 4 is 33.3 Å². The van der Waals surface area contributed by atoms with Crippen LogP contribution in [0.3, 0.4) is 0 Å². The molecule has 0 amide bonds. The zero-order valence-electron chi connectivity index (χ0n) is 17.0. The maximum Gasteiger partial charge on any atom is 0.263 e. The van der Waals surface area contributed by atoms with E-state index in [-0.39, 0.29) is 12.4 Å². The summed E-state index contributed by atoms with van der Waals surface area (Å²) in [5, 5.41) is 3.38. The molecule has 5 rings (SSSR count). The second kappa shape index (κ2) is 8.24. The Hall–Kier alpha value is -3.03. The lowest BCUT2D eigenvalue weighted by Gasteiger charge is -2.11. The van der Waals surface area contributed by atoms with Gasteiger partial charge in [0, 0.05) is 23.2 Å². The smallest absolute Gasteiger partial charge is 0.263 e. The molecule has 0 spiro atoms. The van der Waals surface area contributed by atoms with Gasteiger partial charge in [0.2, 0.25) is 6.79 Å². The van der Waals surface area contributed by atoms with E-state index in [2.05, 4.69) is 37.8 Å². The number of nitrogens with zero attached hydrogens (tertiary/aromatic N) is 2. The fraction of sp³-hybridized carbons (Fsp3) is 0.167. The van der Waals surface area contributed by atoms with Gasteiger partial charge in [0.05, 0.1) is 5.39 Å². The van der Waals surface area contributed by atoms with Crippen LogP contribution in [0.15, 0.2) is 70.5 Å². The summed E-state index contributed by atoms with van der Waals surface area (Å²) in [5.41, 5.74) is 4.20. The van der Waals surface area contributed by atoms with Gasteiger partial charge in [-0.1, -0.05) is 53.7 Å². The lowest BCUT2D eigenvalue weighted by atomic mass is 10.1. The van der Waals surface area contributed by atoms with Crippen LogP contribution in [-0.2, 0) is 12.3 Å². The number of ether oxygens (including phenoxy) is 2. The van der Waals surface area contributed by atoms with Gasteiger partial charge >= 0.3 is 0 Å². The first-order valence-corrected chi connectivity index (χ1v) is 11.7. The number of fused-ring (bicyclic) bond motifs is 2. The number of hydrogen-bond acceptors (Lipinski definition) is 6. The molecule has 5 nitrogen and oxygen atoms in total. The average Bonchev–Trinajstić information content (AvgIpc) is 3.42. The van der Waals surface area contributed by atoms with Crippen molar-refractivity contribution in [3.8, 4) is 22.6 Å². The third-order valence-corrected chi connectivity index (χ3v) is 7.06. The highest BCUT2D eigenvalue weighted by Gasteiger charge is 2.18. The SMILES string of the molecule is C=CCn1c(SCc2ccc3c(c2)OCO3)nc2scc(-c3ccc(C)cc3)c2c1=O. The van der Waals surface area contributed by atoms with Crippen LogP contribution in [0.25, 0.3) is 21.3 Å². The second-order valence-electron chi connectivity index (χ2n) is 7.27. The molecule has 0 saturated heterocycles. The predicted molar refractivity (Wildman–Crippen MR) is 126 cm³/mol. The average molecular weight is 449 g/mol. The zero-order valence-corrected chi connectivity index (χ0v) is 18.6. The van der Waals surface area contributed by atoms with Crippen molar-refractivity contribution in [1.29, 1.82) is 0 Å². The Morgan fingerprint density at radius 1 is 1.19 bits per heavy atom. The summed E-state index contributed by atoms with van der Waals surface area (Å²) < 4.78 is 12.6. The molecule has 0 N–H and O–H groups in total. The van der Waals surface area contributed by atoms with Gasteiger partial charge < -0.3 is 9.47 Å². The molecule has 0 atom stereocenters. The molecule has 3 heterocycles. The van der Waals surface area contributed by atoms with Gasteiger partial charge in [-0.3, -0.25) is 9.36 Å². The summed E-state index contributed by atoms with van der Waals surface area (Å²) in [4.78, 5) is 19.1. The minimum Gasteiger partial charge on any atom is -0.454 e. The number of hydrogen-bond donors (Lipinski definition) is 0. The van der Waals surface area contributed by atoms with E-state index in [9.17, 15) is 4.79 Å². The van der Waals surface area contributed by atoms with E-state index >= 15 is 0 Å². The summed E-state index contributed by atoms with van der Waals surface area (Å²) in [6.45, 7) is 6.55. The molecule has 1 aliphatic rings. The van der Waals surface area contributed by atoms with E-state index in [0.717, 1.165) is 33.0 Å².